The Morgan fingerprint density at radius 2 is 1.83 bits per heavy atom. The van der Waals surface area contributed by atoms with Crippen LogP contribution in [0.2, 0.25) is 0 Å². The molecule has 2 heterocycles. The van der Waals surface area contributed by atoms with Crippen molar-refractivity contribution >= 4 is 23.4 Å². The molecule has 0 spiro atoms. The summed E-state index contributed by atoms with van der Waals surface area (Å²) >= 11 is 0. The summed E-state index contributed by atoms with van der Waals surface area (Å²) in [5.74, 6) is -0.589. The van der Waals surface area contributed by atoms with E-state index in [4.69, 9.17) is 4.74 Å². The Kier molecular flexibility index (Phi) is 5.20. The zero-order chi connectivity index (χ0) is 20.5. The van der Waals surface area contributed by atoms with Crippen LogP contribution in [0.5, 0.6) is 0 Å². The van der Waals surface area contributed by atoms with Crippen LogP contribution in [-0.4, -0.2) is 41.9 Å². The molecule has 2 aliphatic heterocycles. The van der Waals surface area contributed by atoms with Gasteiger partial charge in [0.25, 0.3) is 17.7 Å². The summed E-state index contributed by atoms with van der Waals surface area (Å²) < 4.78 is 5.55. The number of hydrogen-bond donors (Lipinski definition) is 1. The Hall–Kier alpha value is -2.99. The second-order valence-electron chi connectivity index (χ2n) is 7.85. The van der Waals surface area contributed by atoms with Gasteiger partial charge >= 0.3 is 0 Å². The highest BCUT2D eigenvalue weighted by atomic mass is 16.5. The Bertz CT molecular complexity index is 959. The molecule has 1 N–H and O–H groups in total. The molecule has 2 aromatic carbocycles. The Labute approximate surface area is 169 Å². The van der Waals surface area contributed by atoms with Gasteiger partial charge < -0.3 is 10.1 Å². The van der Waals surface area contributed by atoms with Crippen molar-refractivity contribution in [3.05, 3.63) is 64.7 Å². The van der Waals surface area contributed by atoms with Crippen LogP contribution in [0.1, 0.15) is 69.2 Å². The molecule has 2 aromatic rings. The summed E-state index contributed by atoms with van der Waals surface area (Å²) in [6.45, 7) is 5.14. The number of benzene rings is 2. The summed E-state index contributed by atoms with van der Waals surface area (Å²) in [5.41, 5.74) is 2.83. The molecular formula is C23H24N2O4. The van der Waals surface area contributed by atoms with Crippen LogP contribution in [0.3, 0.4) is 0 Å². The number of carbonyl (C=O) groups excluding carboxylic acids is 3. The second kappa shape index (κ2) is 7.79. The molecule has 0 radical (unpaired) electrons. The number of anilines is 1. The van der Waals surface area contributed by atoms with E-state index in [2.05, 4.69) is 19.2 Å². The molecule has 0 bridgehead atoms. The highest BCUT2D eigenvalue weighted by Crippen LogP contribution is 2.26. The number of nitrogens with zero attached hydrogens (tertiary/aromatic N) is 1. The van der Waals surface area contributed by atoms with E-state index in [-0.39, 0.29) is 35.9 Å². The van der Waals surface area contributed by atoms with E-state index in [1.807, 2.05) is 24.3 Å². The minimum Gasteiger partial charge on any atom is -0.376 e. The van der Waals surface area contributed by atoms with Gasteiger partial charge in [-0.2, -0.15) is 0 Å². The van der Waals surface area contributed by atoms with Crippen LogP contribution in [0.15, 0.2) is 42.5 Å². The standard InChI is InChI=1S/C23H24N2O4/c1-14(2)15-5-8-17(9-6-15)24-21(26)16-7-10-19-20(12-16)23(28)25(22(19)27)13-18-4-3-11-29-18/h5-10,12,14,18H,3-4,11,13H2,1-2H3,(H,24,26)/t18-/m0/s1. The quantitative estimate of drug-likeness (QED) is 0.785. The molecule has 1 saturated heterocycles. The van der Waals surface area contributed by atoms with Gasteiger partial charge in [0.2, 0.25) is 0 Å². The molecule has 6 heteroatoms. The van der Waals surface area contributed by atoms with Crippen molar-refractivity contribution < 1.29 is 19.1 Å². The van der Waals surface area contributed by atoms with Crippen molar-refractivity contribution in [1.29, 1.82) is 0 Å². The van der Waals surface area contributed by atoms with Crippen LogP contribution in [-0.2, 0) is 4.74 Å². The van der Waals surface area contributed by atoms with Crippen LogP contribution < -0.4 is 5.32 Å². The third-order valence-electron chi connectivity index (χ3n) is 5.48. The fourth-order valence-electron chi connectivity index (χ4n) is 3.74. The van der Waals surface area contributed by atoms with Crippen molar-refractivity contribution in [2.75, 3.05) is 18.5 Å². The maximum atomic E-state index is 12.7. The zero-order valence-corrected chi connectivity index (χ0v) is 16.6. The van der Waals surface area contributed by atoms with Gasteiger partial charge in [-0.15, -0.1) is 0 Å². The third-order valence-corrected chi connectivity index (χ3v) is 5.48. The summed E-state index contributed by atoms with van der Waals surface area (Å²) in [6, 6.07) is 12.3. The lowest BCUT2D eigenvalue weighted by Gasteiger charge is -2.17. The Morgan fingerprint density at radius 1 is 1.10 bits per heavy atom. The van der Waals surface area contributed by atoms with E-state index in [1.165, 1.54) is 16.5 Å². The maximum Gasteiger partial charge on any atom is 0.261 e. The Balaban J connectivity index is 1.50. The normalized spacial score (nSPS) is 18.4. The van der Waals surface area contributed by atoms with E-state index >= 15 is 0 Å². The predicted molar refractivity (Wildman–Crippen MR) is 109 cm³/mol. The molecule has 0 aromatic heterocycles. The first kappa shape index (κ1) is 19.3. The number of rotatable bonds is 5. The van der Waals surface area contributed by atoms with E-state index < -0.39 is 0 Å². The summed E-state index contributed by atoms with van der Waals surface area (Å²) in [7, 11) is 0. The average Bonchev–Trinajstić information content (AvgIpc) is 3.31. The van der Waals surface area contributed by atoms with Crippen LogP contribution >= 0.6 is 0 Å². The molecule has 4 rings (SSSR count). The first-order valence-electron chi connectivity index (χ1n) is 9.97. The first-order valence-corrected chi connectivity index (χ1v) is 9.97. The second-order valence-corrected chi connectivity index (χ2v) is 7.85. The highest BCUT2D eigenvalue weighted by molar-refractivity contribution is 6.22. The van der Waals surface area contributed by atoms with Crippen molar-refractivity contribution in [1.82, 2.24) is 4.90 Å². The lowest BCUT2D eigenvalue weighted by Crippen LogP contribution is -2.36. The lowest BCUT2D eigenvalue weighted by atomic mass is 10.0. The number of fused-ring (bicyclic) bond motifs is 1. The van der Waals surface area contributed by atoms with Gasteiger partial charge in [0, 0.05) is 17.9 Å². The lowest BCUT2D eigenvalue weighted by molar-refractivity contribution is 0.0475. The van der Waals surface area contributed by atoms with E-state index in [0.717, 1.165) is 12.8 Å². The third kappa shape index (κ3) is 3.80. The summed E-state index contributed by atoms with van der Waals surface area (Å²) in [4.78, 5) is 39.2. The minimum atomic E-state index is -0.364. The van der Waals surface area contributed by atoms with Gasteiger partial charge in [-0.1, -0.05) is 26.0 Å². The first-order chi connectivity index (χ1) is 13.9. The molecular weight excluding hydrogens is 368 g/mol. The minimum absolute atomic E-state index is 0.103. The average molecular weight is 392 g/mol. The molecule has 2 aliphatic rings. The zero-order valence-electron chi connectivity index (χ0n) is 16.6. The molecule has 6 nitrogen and oxygen atoms in total. The monoisotopic (exact) mass is 392 g/mol. The molecule has 3 amide bonds. The Morgan fingerprint density at radius 3 is 2.48 bits per heavy atom. The van der Waals surface area contributed by atoms with Crippen molar-refractivity contribution in [2.24, 2.45) is 0 Å². The number of nitrogens with one attached hydrogen (secondary N) is 1. The fraction of sp³-hybridized carbons (Fsp3) is 0.348. The number of hydrogen-bond acceptors (Lipinski definition) is 4. The van der Waals surface area contributed by atoms with Crippen molar-refractivity contribution in [3.63, 3.8) is 0 Å². The molecule has 0 saturated carbocycles. The van der Waals surface area contributed by atoms with Crippen molar-refractivity contribution in [3.8, 4) is 0 Å². The van der Waals surface area contributed by atoms with Crippen molar-refractivity contribution in [2.45, 2.75) is 38.7 Å². The largest absolute Gasteiger partial charge is 0.376 e. The smallest absolute Gasteiger partial charge is 0.261 e. The van der Waals surface area contributed by atoms with E-state index in [1.54, 1.807) is 12.1 Å². The highest BCUT2D eigenvalue weighted by Gasteiger charge is 2.37. The number of ether oxygens (including phenoxy) is 1. The topological polar surface area (TPSA) is 75.7 Å². The fourth-order valence-corrected chi connectivity index (χ4v) is 3.74. The predicted octanol–water partition coefficient (Wildman–Crippen LogP) is 3.84. The van der Waals surface area contributed by atoms with Gasteiger partial charge in [0.15, 0.2) is 0 Å². The van der Waals surface area contributed by atoms with Crippen LogP contribution in [0.4, 0.5) is 5.69 Å². The molecule has 1 fully saturated rings. The number of imide groups is 1. The number of carbonyl (C=O) groups is 3. The van der Waals surface area contributed by atoms with Crippen LogP contribution in [0.25, 0.3) is 0 Å². The van der Waals surface area contributed by atoms with Gasteiger partial charge in [0.1, 0.15) is 0 Å². The van der Waals surface area contributed by atoms with Gasteiger partial charge in [0.05, 0.1) is 23.8 Å². The maximum absolute atomic E-state index is 12.7. The number of amides is 3. The summed E-state index contributed by atoms with van der Waals surface area (Å²) in [6.07, 6.45) is 1.68. The molecule has 150 valence electrons. The molecule has 0 aliphatic carbocycles. The molecule has 1 atom stereocenters. The van der Waals surface area contributed by atoms with E-state index in [0.29, 0.717) is 29.3 Å². The van der Waals surface area contributed by atoms with Crippen LogP contribution in [0, 0.1) is 0 Å². The summed E-state index contributed by atoms with van der Waals surface area (Å²) in [5, 5.41) is 2.84. The van der Waals surface area contributed by atoms with Gasteiger partial charge in [-0.3, -0.25) is 19.3 Å². The van der Waals surface area contributed by atoms with Gasteiger partial charge in [-0.05, 0) is 54.7 Å². The van der Waals surface area contributed by atoms with Gasteiger partial charge in [-0.25, -0.2) is 0 Å². The SMILES string of the molecule is CC(C)c1ccc(NC(=O)c2ccc3c(c2)C(=O)N(C[C@@H]2CCCO2)C3=O)cc1. The molecule has 0 unspecified atom stereocenters. The molecule has 29 heavy (non-hydrogen) atoms. The van der Waals surface area contributed by atoms with E-state index in [9.17, 15) is 14.4 Å².